The van der Waals surface area contributed by atoms with Crippen molar-refractivity contribution >= 4 is 12.0 Å². The lowest BCUT2D eigenvalue weighted by Crippen LogP contribution is -2.50. The fourth-order valence-corrected chi connectivity index (χ4v) is 2.30. The Balaban J connectivity index is 2.03. The molecule has 4 nitrogen and oxygen atoms in total. The predicted octanol–water partition coefficient (Wildman–Crippen LogP) is 1.32. The van der Waals surface area contributed by atoms with Crippen LogP contribution in [-0.4, -0.2) is 34.6 Å². The van der Waals surface area contributed by atoms with Crippen LogP contribution < -0.4 is 5.73 Å². The van der Waals surface area contributed by atoms with Gasteiger partial charge in [-0.25, -0.2) is 0 Å². The van der Waals surface area contributed by atoms with E-state index in [0.717, 1.165) is 24.2 Å². The van der Waals surface area contributed by atoms with Gasteiger partial charge in [-0.2, -0.15) is 0 Å². The summed E-state index contributed by atoms with van der Waals surface area (Å²) in [5.74, 6) is -0.912. The molecule has 0 saturated carbocycles. The van der Waals surface area contributed by atoms with Crippen LogP contribution in [0.3, 0.4) is 0 Å². The molecule has 4 heteroatoms. The molecule has 0 aromatic heterocycles. The predicted molar refractivity (Wildman–Crippen MR) is 71.0 cm³/mol. The number of hydrogen-bond acceptors (Lipinski definition) is 3. The van der Waals surface area contributed by atoms with Crippen LogP contribution in [0, 0.1) is 0 Å². The second-order valence-corrected chi connectivity index (χ2v) is 4.87. The smallest absolute Gasteiger partial charge is 0.325 e. The van der Waals surface area contributed by atoms with Crippen LogP contribution in [0.2, 0.25) is 0 Å². The molecule has 1 aromatic carbocycles. The summed E-state index contributed by atoms with van der Waals surface area (Å²) >= 11 is 0. The molecule has 1 atom stereocenters. The molecule has 18 heavy (non-hydrogen) atoms. The van der Waals surface area contributed by atoms with Gasteiger partial charge in [0.15, 0.2) is 0 Å². The van der Waals surface area contributed by atoms with Crippen molar-refractivity contribution in [3.8, 4) is 0 Å². The summed E-state index contributed by atoms with van der Waals surface area (Å²) in [5, 5.41) is 9.07. The Kier molecular flexibility index (Phi) is 3.50. The molecule has 2 rings (SSSR count). The van der Waals surface area contributed by atoms with Gasteiger partial charge in [0, 0.05) is 19.6 Å². The van der Waals surface area contributed by atoms with Crippen LogP contribution in [0.25, 0.3) is 6.08 Å². The first-order valence-corrected chi connectivity index (χ1v) is 5.99. The molecular weight excluding hydrogens is 228 g/mol. The molecule has 0 amide bonds. The van der Waals surface area contributed by atoms with E-state index in [1.807, 2.05) is 18.2 Å². The van der Waals surface area contributed by atoms with Crippen molar-refractivity contribution in [3.63, 3.8) is 0 Å². The number of aliphatic carboxylic acids is 1. The van der Waals surface area contributed by atoms with Crippen molar-refractivity contribution in [2.24, 2.45) is 5.73 Å². The molecule has 0 unspecified atom stereocenters. The van der Waals surface area contributed by atoms with Crippen molar-refractivity contribution in [1.82, 2.24) is 4.90 Å². The summed E-state index contributed by atoms with van der Waals surface area (Å²) in [6.45, 7) is 5.60. The Morgan fingerprint density at radius 3 is 3.00 bits per heavy atom. The molecule has 0 spiro atoms. The number of likely N-dealkylation sites (tertiary alicyclic amines) is 1. The van der Waals surface area contributed by atoms with E-state index in [-0.39, 0.29) is 0 Å². The third-order valence-corrected chi connectivity index (χ3v) is 3.40. The highest BCUT2D eigenvalue weighted by atomic mass is 16.4. The van der Waals surface area contributed by atoms with E-state index in [0.29, 0.717) is 13.0 Å². The van der Waals surface area contributed by atoms with Gasteiger partial charge in [0.25, 0.3) is 0 Å². The molecule has 0 aliphatic carbocycles. The van der Waals surface area contributed by atoms with Gasteiger partial charge in [-0.05, 0) is 17.5 Å². The zero-order chi connectivity index (χ0) is 13.2. The Morgan fingerprint density at radius 2 is 2.39 bits per heavy atom. The van der Waals surface area contributed by atoms with Crippen molar-refractivity contribution < 1.29 is 9.90 Å². The topological polar surface area (TPSA) is 66.6 Å². The van der Waals surface area contributed by atoms with E-state index in [9.17, 15) is 4.79 Å². The fourth-order valence-electron chi connectivity index (χ4n) is 2.30. The maximum absolute atomic E-state index is 11.1. The van der Waals surface area contributed by atoms with Crippen molar-refractivity contribution in [2.75, 3.05) is 13.1 Å². The number of nitrogens with zero attached hydrogens (tertiary/aromatic N) is 1. The number of nitrogens with two attached hydrogens (primary N) is 1. The van der Waals surface area contributed by atoms with Crippen molar-refractivity contribution in [2.45, 2.75) is 18.5 Å². The summed E-state index contributed by atoms with van der Waals surface area (Å²) in [4.78, 5) is 13.1. The summed E-state index contributed by atoms with van der Waals surface area (Å²) in [6, 6.07) is 8.06. The molecule has 3 N–H and O–H groups in total. The minimum atomic E-state index is -1.09. The van der Waals surface area contributed by atoms with Crippen molar-refractivity contribution in [3.05, 3.63) is 42.0 Å². The van der Waals surface area contributed by atoms with Crippen LogP contribution >= 0.6 is 0 Å². The largest absolute Gasteiger partial charge is 0.480 e. The highest BCUT2D eigenvalue weighted by molar-refractivity contribution is 5.79. The third-order valence-electron chi connectivity index (χ3n) is 3.40. The molecule has 1 aromatic rings. The van der Waals surface area contributed by atoms with Crippen LogP contribution in [0.1, 0.15) is 17.5 Å². The summed E-state index contributed by atoms with van der Waals surface area (Å²) in [5.41, 5.74) is 6.99. The van der Waals surface area contributed by atoms with E-state index in [2.05, 4.69) is 17.5 Å². The number of carboxylic acid groups (broad SMARTS) is 1. The Bertz CT molecular complexity index is 473. The zero-order valence-electron chi connectivity index (χ0n) is 10.3. The molecule has 1 heterocycles. The number of benzene rings is 1. The van der Waals surface area contributed by atoms with Crippen LogP contribution in [0.15, 0.2) is 30.8 Å². The van der Waals surface area contributed by atoms with Gasteiger partial charge < -0.3 is 10.8 Å². The minimum absolute atomic E-state index is 0.403. The van der Waals surface area contributed by atoms with Gasteiger partial charge in [-0.1, -0.05) is 36.9 Å². The van der Waals surface area contributed by atoms with E-state index < -0.39 is 11.5 Å². The highest BCUT2D eigenvalue weighted by Crippen LogP contribution is 2.21. The van der Waals surface area contributed by atoms with E-state index in [1.54, 1.807) is 6.08 Å². The summed E-state index contributed by atoms with van der Waals surface area (Å²) in [7, 11) is 0. The van der Waals surface area contributed by atoms with Crippen LogP contribution in [-0.2, 0) is 11.3 Å². The Morgan fingerprint density at radius 1 is 1.61 bits per heavy atom. The maximum atomic E-state index is 11.1. The maximum Gasteiger partial charge on any atom is 0.325 e. The molecule has 1 aliphatic heterocycles. The molecule has 1 fully saturated rings. The van der Waals surface area contributed by atoms with Gasteiger partial charge in [0.1, 0.15) is 5.54 Å². The number of carboxylic acids is 1. The lowest BCUT2D eigenvalue weighted by molar-refractivity contribution is -0.142. The molecule has 0 radical (unpaired) electrons. The zero-order valence-corrected chi connectivity index (χ0v) is 10.3. The Labute approximate surface area is 107 Å². The van der Waals surface area contributed by atoms with Crippen LogP contribution in [0.4, 0.5) is 0 Å². The normalized spacial score (nSPS) is 24.1. The summed E-state index contributed by atoms with van der Waals surface area (Å²) in [6.07, 6.45) is 2.31. The van der Waals surface area contributed by atoms with E-state index >= 15 is 0 Å². The SMILES string of the molecule is C=Cc1cccc(CN2CC[C@@](N)(C(=O)O)C2)c1. The van der Waals surface area contributed by atoms with Crippen LogP contribution in [0.5, 0.6) is 0 Å². The first-order valence-electron chi connectivity index (χ1n) is 5.99. The molecule has 0 bridgehead atoms. The lowest BCUT2D eigenvalue weighted by atomic mass is 10.0. The molecular formula is C14H18N2O2. The minimum Gasteiger partial charge on any atom is -0.480 e. The average Bonchev–Trinajstić information content (AvgIpc) is 2.72. The average molecular weight is 246 g/mol. The Hall–Kier alpha value is -1.65. The second kappa shape index (κ2) is 4.92. The molecule has 1 saturated heterocycles. The van der Waals surface area contributed by atoms with E-state index in [1.165, 1.54) is 0 Å². The second-order valence-electron chi connectivity index (χ2n) is 4.87. The van der Waals surface area contributed by atoms with Crippen molar-refractivity contribution in [1.29, 1.82) is 0 Å². The van der Waals surface area contributed by atoms with Gasteiger partial charge in [-0.15, -0.1) is 0 Å². The standard InChI is InChI=1S/C14H18N2O2/c1-2-11-4-3-5-12(8-11)9-16-7-6-14(15,10-16)13(17)18/h2-5,8H,1,6-7,9-10,15H2,(H,17,18)/t14-/m0/s1. The molecule has 96 valence electrons. The van der Waals surface area contributed by atoms with Gasteiger partial charge in [0.2, 0.25) is 0 Å². The van der Waals surface area contributed by atoms with E-state index in [4.69, 9.17) is 10.8 Å². The number of hydrogen-bond donors (Lipinski definition) is 2. The molecule has 1 aliphatic rings. The number of carbonyl (C=O) groups is 1. The first-order chi connectivity index (χ1) is 8.53. The summed E-state index contributed by atoms with van der Waals surface area (Å²) < 4.78 is 0. The third kappa shape index (κ3) is 2.60. The van der Waals surface area contributed by atoms with Gasteiger partial charge >= 0.3 is 5.97 Å². The fraction of sp³-hybridized carbons (Fsp3) is 0.357. The first kappa shape index (κ1) is 12.8. The monoisotopic (exact) mass is 246 g/mol. The number of rotatable bonds is 4. The van der Waals surface area contributed by atoms with Gasteiger partial charge in [-0.3, -0.25) is 9.69 Å². The highest BCUT2D eigenvalue weighted by Gasteiger charge is 2.40. The van der Waals surface area contributed by atoms with Gasteiger partial charge in [0.05, 0.1) is 0 Å². The quantitative estimate of drug-likeness (QED) is 0.840. The lowest BCUT2D eigenvalue weighted by Gasteiger charge is -2.20.